The van der Waals surface area contributed by atoms with Crippen LogP contribution in [0.2, 0.25) is 13.6 Å². The zero-order valence-corrected chi connectivity index (χ0v) is 9.69. The second-order valence-electron chi connectivity index (χ2n) is 1.49. The highest BCUT2D eigenvalue weighted by Crippen LogP contribution is 2.70. The molecule has 0 nitrogen and oxygen atoms in total. The van der Waals surface area contributed by atoms with Crippen LogP contribution in [0.1, 0.15) is 0 Å². The van der Waals surface area contributed by atoms with Gasteiger partial charge in [-0.05, 0) is 44.4 Å². The molecule has 0 bridgehead atoms. The molecule has 0 aliphatic rings. The molecule has 0 amide bonds. The van der Waals surface area contributed by atoms with Gasteiger partial charge in [0.15, 0.2) is 0 Å². The Labute approximate surface area is 68.7 Å². The molecule has 44 valence electrons. The summed E-state index contributed by atoms with van der Waals surface area (Å²) in [6, 6.07) is 0. The molecule has 0 unspecified atom stereocenters. The summed E-state index contributed by atoms with van der Waals surface area (Å²) in [5, 5.41) is -0.803. The Balaban J connectivity index is 3.54. The molecular formula is C2H6BBr3S. The second kappa shape index (κ2) is 3.13. The molecule has 0 fully saturated rings. The van der Waals surface area contributed by atoms with Crippen molar-refractivity contribution in [2.45, 2.75) is 13.6 Å². The Morgan fingerprint density at radius 1 is 1.14 bits per heavy atom. The van der Waals surface area contributed by atoms with Crippen LogP contribution in [0, 0.1) is 0 Å². The summed E-state index contributed by atoms with van der Waals surface area (Å²) in [7, 11) is 0. The minimum absolute atomic E-state index is 0.632. The van der Waals surface area contributed by atoms with E-state index in [0.717, 1.165) is 0 Å². The van der Waals surface area contributed by atoms with E-state index in [1.165, 1.54) is 0 Å². The molecule has 0 radical (unpaired) electrons. The molecule has 0 aromatic rings. The van der Waals surface area contributed by atoms with Crippen LogP contribution in [0.15, 0.2) is 0 Å². The first kappa shape index (κ1) is 8.85. The minimum Gasteiger partial charge on any atom is -0.100 e. The molecule has 7 heavy (non-hydrogen) atoms. The van der Waals surface area contributed by atoms with E-state index < -0.39 is 5.18 Å². The van der Waals surface area contributed by atoms with E-state index in [1.807, 2.05) is 0 Å². The average Bonchev–Trinajstić information content (AvgIpc) is 1.31. The van der Waals surface area contributed by atoms with Crippen molar-refractivity contribution in [2.24, 2.45) is 0 Å². The molecule has 0 atom stereocenters. The van der Waals surface area contributed by atoms with Crippen molar-refractivity contribution >= 4 is 55.6 Å². The van der Waals surface area contributed by atoms with Crippen LogP contribution in [-0.2, 0) is 0 Å². The molecule has 0 aromatic heterocycles. The summed E-state index contributed by atoms with van der Waals surface area (Å²) in [5.74, 6) is 0.632. The quantitative estimate of drug-likeness (QED) is 0.643. The fraction of sp³-hybridized carbons (Fsp3) is 1.00. The van der Waals surface area contributed by atoms with Gasteiger partial charge in [-0.1, -0.05) is 13.6 Å². The van der Waals surface area contributed by atoms with Crippen molar-refractivity contribution in [3.8, 4) is 0 Å². The highest BCUT2D eigenvalue weighted by atomic mass is 80.0. The zero-order chi connectivity index (χ0) is 6.08. The largest absolute Gasteiger partial charge is 0.222 e. The highest BCUT2D eigenvalue weighted by Gasteiger charge is 2.19. The van der Waals surface area contributed by atoms with Crippen molar-refractivity contribution in [1.29, 1.82) is 0 Å². The lowest BCUT2D eigenvalue weighted by Gasteiger charge is -2.18. The van der Waals surface area contributed by atoms with Gasteiger partial charge in [-0.2, -0.15) is 0 Å². The maximum atomic E-state index is 3.46. The monoisotopic (exact) mass is 310 g/mol. The van der Waals surface area contributed by atoms with E-state index in [1.54, 1.807) is 0 Å². The smallest absolute Gasteiger partial charge is 0.100 e. The van der Waals surface area contributed by atoms with Crippen LogP contribution >= 0.6 is 49.6 Å². The number of halogens is 3. The van der Waals surface area contributed by atoms with Gasteiger partial charge < -0.3 is 0 Å². The molecule has 0 aliphatic carbocycles. The maximum Gasteiger partial charge on any atom is 0.222 e. The van der Waals surface area contributed by atoms with Crippen LogP contribution in [0.3, 0.4) is 0 Å². The van der Waals surface area contributed by atoms with Crippen LogP contribution < -0.4 is 0 Å². The Kier molecular flexibility index (Phi) is 3.96. The van der Waals surface area contributed by atoms with Crippen molar-refractivity contribution in [3.05, 3.63) is 0 Å². The van der Waals surface area contributed by atoms with Gasteiger partial charge in [-0.25, -0.2) is 0 Å². The summed E-state index contributed by atoms with van der Waals surface area (Å²) >= 11 is 10.4. The molecule has 0 spiro atoms. The Morgan fingerprint density at radius 3 is 1.29 bits per heavy atom. The van der Waals surface area contributed by atoms with E-state index >= 15 is 0 Å². The second-order valence-corrected chi connectivity index (χ2v) is 20.3. The van der Waals surface area contributed by atoms with E-state index in [0.29, 0.717) is 5.99 Å². The molecule has 0 aromatic carbocycles. The lowest BCUT2D eigenvalue weighted by Crippen LogP contribution is -1.95. The first-order chi connectivity index (χ1) is 2.94. The van der Waals surface area contributed by atoms with Crippen LogP contribution in [0.4, 0.5) is 0 Å². The molecule has 0 saturated heterocycles. The van der Waals surface area contributed by atoms with Gasteiger partial charge in [0.2, 0.25) is 5.99 Å². The maximum absolute atomic E-state index is 3.46. The van der Waals surface area contributed by atoms with Crippen molar-refractivity contribution in [1.82, 2.24) is 0 Å². The predicted molar refractivity (Wildman–Crippen MR) is 51.9 cm³/mol. The van der Waals surface area contributed by atoms with E-state index in [2.05, 4.69) is 58.1 Å². The average molecular weight is 313 g/mol. The van der Waals surface area contributed by atoms with Crippen LogP contribution in [-0.4, -0.2) is 5.99 Å². The van der Waals surface area contributed by atoms with Gasteiger partial charge in [0.25, 0.3) is 0 Å². The number of rotatable bonds is 1. The summed E-state index contributed by atoms with van der Waals surface area (Å²) in [6.45, 7) is 4.29. The first-order valence-electron chi connectivity index (χ1n) is 1.85. The zero-order valence-electron chi connectivity index (χ0n) is 4.12. The minimum atomic E-state index is -0.803. The molecule has 5 heteroatoms. The molecule has 0 rings (SSSR count). The summed E-state index contributed by atoms with van der Waals surface area (Å²) < 4.78 is 0. The van der Waals surface area contributed by atoms with Gasteiger partial charge in [-0.3, -0.25) is 0 Å². The van der Waals surface area contributed by atoms with Crippen molar-refractivity contribution in [2.75, 3.05) is 0 Å². The lowest BCUT2D eigenvalue weighted by molar-refractivity contribution is 2.11. The predicted octanol–water partition coefficient (Wildman–Crippen LogP) is 3.97. The fourth-order valence-electron chi connectivity index (χ4n) is 0. The topological polar surface area (TPSA) is 0 Å². The van der Waals surface area contributed by atoms with Gasteiger partial charge >= 0.3 is 0 Å². The number of hydrogen-bond acceptors (Lipinski definition) is 0. The molecular weight excluding hydrogens is 307 g/mol. The van der Waals surface area contributed by atoms with Crippen molar-refractivity contribution < 1.29 is 0 Å². The summed E-state index contributed by atoms with van der Waals surface area (Å²) in [5.41, 5.74) is 0. The normalized spacial score (nSPS) is 13.9. The van der Waals surface area contributed by atoms with Gasteiger partial charge in [0.1, 0.15) is 0 Å². The number of hydrogen-bond donors (Lipinski definition) is 0. The van der Waals surface area contributed by atoms with Gasteiger partial charge in [0, 0.05) is 0 Å². The van der Waals surface area contributed by atoms with Crippen molar-refractivity contribution in [3.63, 3.8) is 0 Å². The molecule has 0 aliphatic heterocycles. The third kappa shape index (κ3) is 4.36. The highest BCUT2D eigenvalue weighted by molar-refractivity contribution is 10.2. The third-order valence-electron chi connectivity index (χ3n) is 0.535. The van der Waals surface area contributed by atoms with Crippen LogP contribution in [0.5, 0.6) is 0 Å². The Bertz CT molecular complexity index is 58.4. The van der Waals surface area contributed by atoms with E-state index in [9.17, 15) is 0 Å². The standard InChI is InChI=1S/C2H6BBr3S/c1-3(2)7(4,5)6/h1-2H3. The summed E-state index contributed by atoms with van der Waals surface area (Å²) in [4.78, 5) is 0. The fourth-order valence-corrected chi connectivity index (χ4v) is 0. The van der Waals surface area contributed by atoms with E-state index in [4.69, 9.17) is 0 Å². The Hall–Kier alpha value is 1.85. The van der Waals surface area contributed by atoms with Crippen LogP contribution in [0.25, 0.3) is 0 Å². The SMILES string of the molecule is CB(C)S(Br)(Br)Br. The summed E-state index contributed by atoms with van der Waals surface area (Å²) in [6.07, 6.45) is 0. The third-order valence-corrected chi connectivity index (χ3v) is 8.33. The molecule has 0 heterocycles. The molecule has 0 N–H and O–H groups in total. The Morgan fingerprint density at radius 2 is 1.29 bits per heavy atom. The van der Waals surface area contributed by atoms with Gasteiger partial charge in [-0.15, -0.1) is 5.18 Å². The first-order valence-corrected chi connectivity index (χ1v) is 9.08. The lowest BCUT2D eigenvalue weighted by atomic mass is 9.84. The van der Waals surface area contributed by atoms with E-state index in [-0.39, 0.29) is 0 Å². The molecule has 0 saturated carbocycles. The van der Waals surface area contributed by atoms with Gasteiger partial charge in [0.05, 0.1) is 0 Å².